The summed E-state index contributed by atoms with van der Waals surface area (Å²) < 4.78 is 0. The largest absolute Gasteiger partial charge is 0.319 e. The Morgan fingerprint density at radius 3 is 2.93 bits per heavy atom. The van der Waals surface area contributed by atoms with Crippen LogP contribution in [0.15, 0.2) is 24.4 Å². The maximum Gasteiger partial charge on any atom is 0.287 e. The summed E-state index contributed by atoms with van der Waals surface area (Å²) in [5.41, 5.74) is 0.749. The Kier molecular flexibility index (Phi) is 4.43. The van der Waals surface area contributed by atoms with Crippen LogP contribution in [0.3, 0.4) is 0 Å². The van der Waals surface area contributed by atoms with Crippen LogP contribution in [0.1, 0.15) is 12.1 Å². The lowest BCUT2D eigenvalue weighted by Crippen LogP contribution is -2.05. The van der Waals surface area contributed by atoms with Crippen molar-refractivity contribution in [3.05, 3.63) is 40.2 Å². The molecule has 1 aromatic heterocycles. The Morgan fingerprint density at radius 2 is 2.40 bits per heavy atom. The van der Waals surface area contributed by atoms with Gasteiger partial charge in [-0.25, -0.2) is 4.98 Å². The highest BCUT2D eigenvalue weighted by Crippen LogP contribution is 2.09. The average molecular weight is 207 g/mol. The summed E-state index contributed by atoms with van der Waals surface area (Å²) in [7, 11) is 1.89. The second-order valence-electron chi connectivity index (χ2n) is 2.99. The summed E-state index contributed by atoms with van der Waals surface area (Å²) in [6.07, 6.45) is 6.00. The smallest absolute Gasteiger partial charge is 0.287 e. The number of pyridine rings is 1. The van der Waals surface area contributed by atoms with E-state index in [2.05, 4.69) is 10.3 Å². The fraction of sp³-hybridized carbons (Fsp3) is 0.300. The lowest BCUT2D eigenvalue weighted by Gasteiger charge is -1.93. The minimum Gasteiger partial charge on any atom is -0.319 e. The molecule has 0 unspecified atom stereocenters. The molecular weight excluding hydrogens is 194 g/mol. The molecule has 0 aliphatic rings. The third-order valence-electron chi connectivity index (χ3n) is 1.83. The minimum atomic E-state index is -0.457. The van der Waals surface area contributed by atoms with Gasteiger partial charge in [-0.3, -0.25) is 10.1 Å². The third-order valence-corrected chi connectivity index (χ3v) is 1.83. The van der Waals surface area contributed by atoms with Crippen molar-refractivity contribution in [2.24, 2.45) is 0 Å². The summed E-state index contributed by atoms with van der Waals surface area (Å²) in [6.45, 7) is 0.906. The molecule has 0 aliphatic heterocycles. The van der Waals surface area contributed by atoms with Gasteiger partial charge in [-0.15, -0.1) is 0 Å². The van der Waals surface area contributed by atoms with Gasteiger partial charge in [0.15, 0.2) is 0 Å². The molecule has 0 aromatic carbocycles. The summed E-state index contributed by atoms with van der Waals surface area (Å²) >= 11 is 0. The average Bonchev–Trinajstić information content (AvgIpc) is 2.25. The highest BCUT2D eigenvalue weighted by Gasteiger charge is 2.03. The first-order valence-corrected chi connectivity index (χ1v) is 4.65. The predicted molar refractivity (Wildman–Crippen MR) is 58.5 cm³/mol. The van der Waals surface area contributed by atoms with Crippen LogP contribution >= 0.6 is 0 Å². The van der Waals surface area contributed by atoms with Crippen LogP contribution in [0.4, 0.5) is 5.69 Å². The normalized spacial score (nSPS) is 10.7. The van der Waals surface area contributed by atoms with Crippen LogP contribution in [0.5, 0.6) is 0 Å². The van der Waals surface area contributed by atoms with Gasteiger partial charge in [0, 0.05) is 6.07 Å². The predicted octanol–water partition coefficient (Wildman–Crippen LogP) is 1.61. The second-order valence-corrected chi connectivity index (χ2v) is 2.99. The molecule has 1 aromatic rings. The van der Waals surface area contributed by atoms with E-state index in [1.54, 1.807) is 6.07 Å². The van der Waals surface area contributed by atoms with E-state index in [1.165, 1.54) is 12.3 Å². The molecule has 0 saturated carbocycles. The molecule has 0 spiro atoms. The molecule has 80 valence electrons. The Labute approximate surface area is 88.0 Å². The van der Waals surface area contributed by atoms with Gasteiger partial charge >= 0.3 is 0 Å². The Bertz CT molecular complexity index is 346. The highest BCUT2D eigenvalue weighted by atomic mass is 16.6. The van der Waals surface area contributed by atoms with Gasteiger partial charge in [0.05, 0.1) is 10.6 Å². The lowest BCUT2D eigenvalue weighted by molar-refractivity contribution is -0.385. The van der Waals surface area contributed by atoms with Gasteiger partial charge in [-0.05, 0) is 32.2 Å². The zero-order valence-electron chi connectivity index (χ0n) is 8.51. The SMILES string of the molecule is CNCCC=Cc1ccc([N+](=O)[O-])cn1. The van der Waals surface area contributed by atoms with Gasteiger partial charge in [0.1, 0.15) is 6.20 Å². The van der Waals surface area contributed by atoms with E-state index in [1.807, 2.05) is 19.2 Å². The maximum absolute atomic E-state index is 10.4. The monoisotopic (exact) mass is 207 g/mol. The van der Waals surface area contributed by atoms with Crippen molar-refractivity contribution in [3.63, 3.8) is 0 Å². The van der Waals surface area contributed by atoms with Crippen molar-refractivity contribution in [1.82, 2.24) is 10.3 Å². The van der Waals surface area contributed by atoms with Crippen molar-refractivity contribution in [2.45, 2.75) is 6.42 Å². The summed E-state index contributed by atoms with van der Waals surface area (Å²) in [6, 6.07) is 3.08. The van der Waals surface area contributed by atoms with E-state index in [9.17, 15) is 10.1 Å². The molecule has 5 heteroatoms. The first-order valence-electron chi connectivity index (χ1n) is 4.65. The number of rotatable bonds is 5. The van der Waals surface area contributed by atoms with Crippen molar-refractivity contribution < 1.29 is 4.92 Å². The highest BCUT2D eigenvalue weighted by molar-refractivity contribution is 5.46. The van der Waals surface area contributed by atoms with Crippen LogP contribution < -0.4 is 5.32 Å². The van der Waals surface area contributed by atoms with Crippen LogP contribution in [0.2, 0.25) is 0 Å². The molecule has 0 aliphatic carbocycles. The van der Waals surface area contributed by atoms with Gasteiger partial charge in [0.2, 0.25) is 0 Å². The molecule has 0 radical (unpaired) electrons. The van der Waals surface area contributed by atoms with Gasteiger partial charge < -0.3 is 5.32 Å². The van der Waals surface area contributed by atoms with E-state index in [4.69, 9.17) is 0 Å². The summed E-state index contributed by atoms with van der Waals surface area (Å²) in [5.74, 6) is 0. The molecule has 15 heavy (non-hydrogen) atoms. The molecule has 0 saturated heterocycles. The Morgan fingerprint density at radius 1 is 1.60 bits per heavy atom. The number of nitrogens with zero attached hydrogens (tertiary/aromatic N) is 2. The van der Waals surface area contributed by atoms with Gasteiger partial charge in [0.25, 0.3) is 5.69 Å². The summed E-state index contributed by atoms with van der Waals surface area (Å²) in [4.78, 5) is 13.8. The molecule has 1 rings (SSSR count). The quantitative estimate of drug-likeness (QED) is 0.452. The van der Waals surface area contributed by atoms with Crippen LogP contribution in [0, 0.1) is 10.1 Å². The minimum absolute atomic E-state index is 0.0161. The van der Waals surface area contributed by atoms with Crippen LogP contribution in [0.25, 0.3) is 6.08 Å². The van der Waals surface area contributed by atoms with Crippen molar-refractivity contribution in [3.8, 4) is 0 Å². The standard InChI is InChI=1S/C10H13N3O2/c1-11-7-3-2-4-9-5-6-10(8-12-9)13(14)15/h2,4-6,8,11H,3,7H2,1H3. The molecular formula is C10H13N3O2. The Hall–Kier alpha value is -1.75. The first kappa shape index (κ1) is 11.3. The number of aromatic nitrogens is 1. The zero-order valence-corrected chi connectivity index (χ0v) is 8.51. The first-order chi connectivity index (χ1) is 7.24. The molecule has 0 atom stereocenters. The maximum atomic E-state index is 10.4. The van der Waals surface area contributed by atoms with E-state index in [0.29, 0.717) is 0 Å². The zero-order chi connectivity index (χ0) is 11.1. The Balaban J connectivity index is 2.56. The van der Waals surface area contributed by atoms with Crippen LogP contribution in [-0.4, -0.2) is 23.5 Å². The van der Waals surface area contributed by atoms with Crippen LogP contribution in [-0.2, 0) is 0 Å². The molecule has 1 N–H and O–H groups in total. The van der Waals surface area contributed by atoms with E-state index < -0.39 is 4.92 Å². The van der Waals surface area contributed by atoms with E-state index >= 15 is 0 Å². The van der Waals surface area contributed by atoms with Gasteiger partial charge in [-0.2, -0.15) is 0 Å². The van der Waals surface area contributed by atoms with Crippen molar-refractivity contribution in [1.29, 1.82) is 0 Å². The number of hydrogen-bond acceptors (Lipinski definition) is 4. The topological polar surface area (TPSA) is 68.1 Å². The number of hydrogen-bond donors (Lipinski definition) is 1. The molecule has 5 nitrogen and oxygen atoms in total. The number of nitrogens with one attached hydrogen (secondary N) is 1. The van der Waals surface area contributed by atoms with E-state index in [0.717, 1.165) is 18.7 Å². The molecule has 0 bridgehead atoms. The summed E-state index contributed by atoms with van der Waals surface area (Å²) in [5, 5.41) is 13.4. The lowest BCUT2D eigenvalue weighted by atomic mass is 10.3. The second kappa shape index (κ2) is 5.87. The fourth-order valence-electron chi connectivity index (χ4n) is 1.04. The fourth-order valence-corrected chi connectivity index (χ4v) is 1.04. The number of nitro groups is 1. The third kappa shape index (κ3) is 3.86. The van der Waals surface area contributed by atoms with Crippen molar-refractivity contribution >= 4 is 11.8 Å². The molecule has 0 fully saturated rings. The molecule has 1 heterocycles. The molecule has 0 amide bonds. The van der Waals surface area contributed by atoms with Gasteiger partial charge in [-0.1, -0.05) is 6.08 Å². The van der Waals surface area contributed by atoms with Crippen molar-refractivity contribution in [2.75, 3.05) is 13.6 Å². The van der Waals surface area contributed by atoms with E-state index in [-0.39, 0.29) is 5.69 Å².